The molecule has 0 aromatic heterocycles. The van der Waals surface area contributed by atoms with Crippen molar-refractivity contribution < 1.29 is 24.5 Å². The average molecular weight is 416 g/mol. The molecule has 0 aliphatic heterocycles. The monoisotopic (exact) mass is 415 g/mol. The van der Waals surface area contributed by atoms with Gasteiger partial charge in [0.25, 0.3) is 0 Å². The van der Waals surface area contributed by atoms with Crippen LogP contribution in [-0.2, 0) is 27.1 Å². The molecular weight excluding hydrogens is 382 g/mol. The molecule has 6 heteroatoms. The van der Waals surface area contributed by atoms with Crippen LogP contribution in [0.15, 0.2) is 54.6 Å². The second kappa shape index (κ2) is 13.0. The van der Waals surface area contributed by atoms with Crippen molar-refractivity contribution >= 4 is 5.91 Å². The molecule has 2 aromatic carbocycles. The molecule has 164 valence electrons. The highest BCUT2D eigenvalue weighted by atomic mass is 16.5. The number of phenols is 1. The van der Waals surface area contributed by atoms with Gasteiger partial charge in [-0.1, -0.05) is 42.5 Å². The van der Waals surface area contributed by atoms with Crippen LogP contribution in [0.5, 0.6) is 5.75 Å². The number of aromatic hydroxyl groups is 1. The maximum atomic E-state index is 12.5. The number of aliphatic hydroxyl groups is 1. The van der Waals surface area contributed by atoms with E-state index in [-0.39, 0.29) is 30.4 Å². The Labute approximate surface area is 178 Å². The first kappa shape index (κ1) is 23.9. The number of phenolic OH excluding ortho intramolecular Hbond substituents is 1. The zero-order valence-corrected chi connectivity index (χ0v) is 17.8. The van der Waals surface area contributed by atoms with Gasteiger partial charge in [0, 0.05) is 6.42 Å². The SMILES string of the molecule is CC(O)CO[C@H](C)COC[C@H](Cc1ccc(O)cc1)NC(=O)CCc1ccccc1. The highest BCUT2D eigenvalue weighted by Crippen LogP contribution is 2.12. The summed E-state index contributed by atoms with van der Waals surface area (Å²) in [6.45, 7) is 4.54. The highest BCUT2D eigenvalue weighted by Gasteiger charge is 2.15. The lowest BCUT2D eigenvalue weighted by Crippen LogP contribution is -2.40. The van der Waals surface area contributed by atoms with Crippen LogP contribution in [0.1, 0.15) is 31.4 Å². The number of hydrogen-bond donors (Lipinski definition) is 3. The van der Waals surface area contributed by atoms with Gasteiger partial charge in [-0.3, -0.25) is 4.79 Å². The molecule has 0 saturated carbocycles. The highest BCUT2D eigenvalue weighted by molar-refractivity contribution is 5.76. The van der Waals surface area contributed by atoms with Crippen LogP contribution in [0.3, 0.4) is 0 Å². The summed E-state index contributed by atoms with van der Waals surface area (Å²) in [5.41, 5.74) is 2.13. The topological polar surface area (TPSA) is 88.0 Å². The molecule has 6 nitrogen and oxygen atoms in total. The molecular formula is C24H33NO5. The van der Waals surface area contributed by atoms with Gasteiger partial charge >= 0.3 is 0 Å². The molecule has 0 radical (unpaired) electrons. The summed E-state index contributed by atoms with van der Waals surface area (Å²) in [4.78, 5) is 12.5. The van der Waals surface area contributed by atoms with Crippen LogP contribution in [0.2, 0.25) is 0 Å². The van der Waals surface area contributed by atoms with E-state index in [1.165, 1.54) is 0 Å². The molecule has 0 aliphatic carbocycles. The molecule has 0 spiro atoms. The fourth-order valence-corrected chi connectivity index (χ4v) is 3.00. The molecule has 0 bridgehead atoms. The summed E-state index contributed by atoms with van der Waals surface area (Å²) in [5.74, 6) is 0.187. The lowest BCUT2D eigenvalue weighted by Gasteiger charge is -2.21. The average Bonchev–Trinajstić information content (AvgIpc) is 2.73. The molecule has 30 heavy (non-hydrogen) atoms. The first-order chi connectivity index (χ1) is 14.4. The van der Waals surface area contributed by atoms with Crippen molar-refractivity contribution in [3.63, 3.8) is 0 Å². The molecule has 3 N–H and O–H groups in total. The molecule has 2 rings (SSSR count). The third-order valence-corrected chi connectivity index (χ3v) is 4.56. The van der Waals surface area contributed by atoms with Crippen LogP contribution in [-0.4, -0.2) is 54.2 Å². The second-order valence-corrected chi connectivity index (χ2v) is 7.65. The van der Waals surface area contributed by atoms with Gasteiger partial charge in [0.05, 0.1) is 38.1 Å². The van der Waals surface area contributed by atoms with E-state index in [9.17, 15) is 15.0 Å². The first-order valence-corrected chi connectivity index (χ1v) is 10.4. The van der Waals surface area contributed by atoms with Gasteiger partial charge in [0.1, 0.15) is 5.75 Å². The quantitative estimate of drug-likeness (QED) is 0.468. The van der Waals surface area contributed by atoms with E-state index < -0.39 is 6.10 Å². The summed E-state index contributed by atoms with van der Waals surface area (Å²) >= 11 is 0. The minimum Gasteiger partial charge on any atom is -0.508 e. The van der Waals surface area contributed by atoms with Gasteiger partial charge in [0.2, 0.25) is 5.91 Å². The number of nitrogens with one attached hydrogen (secondary N) is 1. The van der Waals surface area contributed by atoms with Crippen molar-refractivity contribution in [1.82, 2.24) is 5.32 Å². The Kier molecular flexibility index (Phi) is 10.3. The summed E-state index contributed by atoms with van der Waals surface area (Å²) in [5, 5.41) is 21.8. The lowest BCUT2D eigenvalue weighted by atomic mass is 10.1. The Morgan fingerprint density at radius 1 is 0.967 bits per heavy atom. The second-order valence-electron chi connectivity index (χ2n) is 7.65. The van der Waals surface area contributed by atoms with Crippen LogP contribution in [0, 0.1) is 0 Å². The molecule has 2 aromatic rings. The Balaban J connectivity index is 1.86. The van der Waals surface area contributed by atoms with E-state index in [1.54, 1.807) is 19.1 Å². The number of carbonyl (C=O) groups is 1. The maximum Gasteiger partial charge on any atom is 0.220 e. The summed E-state index contributed by atoms with van der Waals surface area (Å²) in [6, 6.07) is 16.7. The van der Waals surface area contributed by atoms with Crippen LogP contribution in [0.4, 0.5) is 0 Å². The molecule has 1 amide bonds. The molecule has 1 unspecified atom stereocenters. The van der Waals surface area contributed by atoms with E-state index in [4.69, 9.17) is 9.47 Å². The number of amides is 1. The zero-order chi connectivity index (χ0) is 21.8. The molecule has 0 saturated heterocycles. The van der Waals surface area contributed by atoms with E-state index in [0.717, 1.165) is 11.1 Å². The molecule has 0 fully saturated rings. The smallest absolute Gasteiger partial charge is 0.220 e. The summed E-state index contributed by atoms with van der Waals surface area (Å²) in [6.07, 6.45) is 1.02. The number of carbonyl (C=O) groups excluding carboxylic acids is 1. The minimum absolute atomic E-state index is 0.0235. The van der Waals surface area contributed by atoms with Crippen molar-refractivity contribution in [1.29, 1.82) is 0 Å². The van der Waals surface area contributed by atoms with Gasteiger partial charge in [-0.2, -0.15) is 0 Å². The van der Waals surface area contributed by atoms with E-state index in [1.807, 2.05) is 49.4 Å². The zero-order valence-electron chi connectivity index (χ0n) is 17.8. The van der Waals surface area contributed by atoms with Crippen LogP contribution in [0.25, 0.3) is 0 Å². The van der Waals surface area contributed by atoms with Crippen LogP contribution < -0.4 is 5.32 Å². The van der Waals surface area contributed by atoms with Gasteiger partial charge in [-0.15, -0.1) is 0 Å². The number of rotatable bonds is 13. The third-order valence-electron chi connectivity index (χ3n) is 4.56. The van der Waals surface area contributed by atoms with Gasteiger partial charge in [0.15, 0.2) is 0 Å². The molecule has 3 atom stereocenters. The fraction of sp³-hybridized carbons (Fsp3) is 0.458. The number of benzene rings is 2. The van der Waals surface area contributed by atoms with Crippen LogP contribution >= 0.6 is 0 Å². The van der Waals surface area contributed by atoms with Gasteiger partial charge < -0.3 is 25.0 Å². The standard InChI is InChI=1S/C24H33NO5/c1-18(26)15-30-19(2)16-29-17-22(14-21-8-11-23(27)12-9-21)25-24(28)13-10-20-6-4-3-5-7-20/h3-9,11-12,18-19,22,26-27H,10,13-17H2,1-2H3,(H,25,28)/t18?,19-,22+/m1/s1. The van der Waals surface area contributed by atoms with E-state index >= 15 is 0 Å². The number of aryl methyl sites for hydroxylation is 1. The fourth-order valence-electron chi connectivity index (χ4n) is 3.00. The minimum atomic E-state index is -0.515. The summed E-state index contributed by atoms with van der Waals surface area (Å²) in [7, 11) is 0. The number of aliphatic hydroxyl groups excluding tert-OH is 1. The summed E-state index contributed by atoms with van der Waals surface area (Å²) < 4.78 is 11.3. The van der Waals surface area contributed by atoms with Crippen molar-refractivity contribution in [2.24, 2.45) is 0 Å². The van der Waals surface area contributed by atoms with E-state index in [0.29, 0.717) is 32.5 Å². The maximum absolute atomic E-state index is 12.5. The Bertz CT molecular complexity index is 733. The van der Waals surface area contributed by atoms with Gasteiger partial charge in [-0.05, 0) is 49.9 Å². The largest absolute Gasteiger partial charge is 0.508 e. The van der Waals surface area contributed by atoms with Crippen molar-refractivity contribution in [3.8, 4) is 5.75 Å². The molecule has 0 heterocycles. The normalized spacial score (nSPS) is 14.1. The first-order valence-electron chi connectivity index (χ1n) is 10.4. The predicted octanol–water partition coefficient (Wildman–Crippen LogP) is 2.85. The van der Waals surface area contributed by atoms with Crippen molar-refractivity contribution in [2.75, 3.05) is 19.8 Å². The Hall–Kier alpha value is -2.41. The Morgan fingerprint density at radius 2 is 1.67 bits per heavy atom. The Morgan fingerprint density at radius 3 is 2.33 bits per heavy atom. The number of hydrogen-bond acceptors (Lipinski definition) is 5. The molecule has 0 aliphatic rings. The van der Waals surface area contributed by atoms with Crippen molar-refractivity contribution in [2.45, 2.75) is 51.4 Å². The number of ether oxygens (including phenoxy) is 2. The lowest BCUT2D eigenvalue weighted by molar-refractivity contribution is -0.122. The van der Waals surface area contributed by atoms with Gasteiger partial charge in [-0.25, -0.2) is 0 Å². The van der Waals surface area contributed by atoms with Crippen molar-refractivity contribution in [3.05, 3.63) is 65.7 Å². The predicted molar refractivity (Wildman–Crippen MR) is 116 cm³/mol. The third kappa shape index (κ3) is 9.87. The van der Waals surface area contributed by atoms with E-state index in [2.05, 4.69) is 5.32 Å².